The molecule has 4 nitrogen and oxygen atoms in total. The fourth-order valence-corrected chi connectivity index (χ4v) is 9.26. The second kappa shape index (κ2) is 17.5. The maximum atomic E-state index is 7.08. The predicted octanol–water partition coefficient (Wildman–Crippen LogP) is 17.5. The first kappa shape index (κ1) is 39.5. The number of fused-ring (bicyclic) bond motifs is 3. The second-order valence-electron chi connectivity index (χ2n) is 16.0. The van der Waals surface area contributed by atoms with E-state index >= 15 is 0 Å². The maximum absolute atomic E-state index is 7.08. The SMILES string of the molecule is Clc1cc(-c2ccc(N(c3ccccc3)c3ccc(N(c4ccccc4)c4ccccc4)cc3)cc2)cc(N(c2ccccc2)c2ccc3c(c2)c2ccccc2n3-c2ccccc2)c1. The van der Waals surface area contributed by atoms with Crippen LogP contribution in [0.25, 0.3) is 38.6 Å². The lowest BCUT2D eigenvalue weighted by atomic mass is 10.0. The van der Waals surface area contributed by atoms with Crippen LogP contribution in [0.15, 0.2) is 261 Å². The van der Waals surface area contributed by atoms with Gasteiger partial charge in [-0.25, -0.2) is 0 Å². The van der Waals surface area contributed by atoms with E-state index in [0.717, 1.165) is 73.5 Å². The monoisotopic (exact) mass is 854 g/mol. The molecule has 0 radical (unpaired) electrons. The summed E-state index contributed by atoms with van der Waals surface area (Å²) in [5.41, 5.74) is 15.1. The second-order valence-corrected chi connectivity index (χ2v) is 16.4. The van der Waals surface area contributed by atoms with Gasteiger partial charge in [0.15, 0.2) is 0 Å². The fraction of sp³-hybridized carbons (Fsp3) is 0. The third-order valence-electron chi connectivity index (χ3n) is 12.0. The summed E-state index contributed by atoms with van der Waals surface area (Å²) in [4.78, 5) is 6.89. The molecule has 0 unspecified atom stereocenters. The summed E-state index contributed by atoms with van der Waals surface area (Å²) >= 11 is 7.08. The van der Waals surface area contributed by atoms with Crippen molar-refractivity contribution in [2.24, 2.45) is 0 Å². The van der Waals surface area contributed by atoms with Crippen molar-refractivity contribution in [2.45, 2.75) is 0 Å². The lowest BCUT2D eigenvalue weighted by Gasteiger charge is -2.28. The highest BCUT2D eigenvalue weighted by Crippen LogP contribution is 2.43. The number of anilines is 9. The summed E-state index contributed by atoms with van der Waals surface area (Å²) in [5.74, 6) is 0. The van der Waals surface area contributed by atoms with Crippen LogP contribution in [-0.4, -0.2) is 4.57 Å². The molecule has 0 bridgehead atoms. The van der Waals surface area contributed by atoms with Crippen LogP contribution in [-0.2, 0) is 0 Å². The lowest BCUT2D eigenvalue weighted by Crippen LogP contribution is -2.12. The van der Waals surface area contributed by atoms with Crippen LogP contribution < -0.4 is 14.7 Å². The molecule has 0 aliphatic carbocycles. The topological polar surface area (TPSA) is 14.7 Å². The Morgan fingerprint density at radius 3 is 1.15 bits per heavy atom. The number of benzene rings is 10. The molecule has 11 rings (SSSR count). The van der Waals surface area contributed by atoms with Crippen LogP contribution in [0.1, 0.15) is 0 Å². The minimum atomic E-state index is 0.662. The molecule has 0 N–H and O–H groups in total. The van der Waals surface area contributed by atoms with Crippen LogP contribution in [0.3, 0.4) is 0 Å². The molecule has 0 aliphatic rings. The van der Waals surface area contributed by atoms with Gasteiger partial charge in [0.05, 0.1) is 11.0 Å². The zero-order valence-electron chi connectivity index (χ0n) is 35.5. The number of nitrogens with zero attached hydrogens (tertiary/aromatic N) is 4. The van der Waals surface area contributed by atoms with Crippen LogP contribution in [0.2, 0.25) is 5.02 Å². The third kappa shape index (κ3) is 7.78. The number of hydrogen-bond acceptors (Lipinski definition) is 3. The van der Waals surface area contributed by atoms with Crippen LogP contribution in [0.4, 0.5) is 51.2 Å². The Labute approximate surface area is 384 Å². The zero-order valence-corrected chi connectivity index (χ0v) is 36.2. The summed E-state index contributed by atoms with van der Waals surface area (Å²) < 4.78 is 2.35. The van der Waals surface area contributed by atoms with Crippen molar-refractivity contribution in [3.05, 3.63) is 266 Å². The Kier molecular flexibility index (Phi) is 10.6. The van der Waals surface area contributed by atoms with Gasteiger partial charge in [0.1, 0.15) is 0 Å². The highest BCUT2D eigenvalue weighted by molar-refractivity contribution is 6.31. The number of aromatic nitrogens is 1. The standard InChI is InChI=1S/C60H43ClN4/c61-46-40-45(41-56(42-46)64(50-24-12-4-13-25-50)55-38-39-60-58(43-55)57-28-16-17-29-59(57)65(60)51-26-14-5-15-27-51)44-30-32-52(33-31-44)63(49-22-10-3-11-23-49)54-36-34-53(35-37-54)62(47-18-6-1-7-19-47)48-20-8-2-9-21-48/h1-43H. The highest BCUT2D eigenvalue weighted by Gasteiger charge is 2.20. The minimum absolute atomic E-state index is 0.662. The van der Waals surface area contributed by atoms with Crippen molar-refractivity contribution in [3.63, 3.8) is 0 Å². The molecule has 0 atom stereocenters. The van der Waals surface area contributed by atoms with Crippen molar-refractivity contribution in [2.75, 3.05) is 14.7 Å². The average Bonchev–Trinajstić information content (AvgIpc) is 3.70. The van der Waals surface area contributed by atoms with Crippen LogP contribution in [0.5, 0.6) is 0 Å². The van der Waals surface area contributed by atoms with E-state index in [0.29, 0.717) is 5.02 Å². The number of halogens is 1. The average molecular weight is 855 g/mol. The van der Waals surface area contributed by atoms with Gasteiger partial charge in [0.2, 0.25) is 0 Å². The first-order valence-electron chi connectivity index (χ1n) is 21.9. The van der Waals surface area contributed by atoms with E-state index in [1.807, 2.05) is 0 Å². The van der Waals surface area contributed by atoms with Crippen molar-refractivity contribution in [1.82, 2.24) is 4.57 Å². The largest absolute Gasteiger partial charge is 0.311 e. The summed E-state index contributed by atoms with van der Waals surface area (Å²) in [7, 11) is 0. The first-order chi connectivity index (χ1) is 32.2. The van der Waals surface area contributed by atoms with Crippen molar-refractivity contribution in [3.8, 4) is 16.8 Å². The Balaban J connectivity index is 0.960. The number of rotatable bonds is 11. The van der Waals surface area contributed by atoms with Gasteiger partial charge in [-0.15, -0.1) is 0 Å². The van der Waals surface area contributed by atoms with Gasteiger partial charge in [-0.3, -0.25) is 0 Å². The lowest BCUT2D eigenvalue weighted by molar-refractivity contribution is 1.18. The van der Waals surface area contributed by atoms with E-state index in [4.69, 9.17) is 11.6 Å². The molecule has 5 heteroatoms. The Bertz CT molecular complexity index is 3320. The quantitative estimate of drug-likeness (QED) is 0.129. The van der Waals surface area contributed by atoms with Crippen molar-refractivity contribution >= 4 is 84.6 Å². The molecule has 65 heavy (non-hydrogen) atoms. The molecule has 11 aromatic rings. The molecular formula is C60H43ClN4. The molecule has 10 aromatic carbocycles. The van der Waals surface area contributed by atoms with Crippen LogP contribution in [0, 0.1) is 0 Å². The fourth-order valence-electron chi connectivity index (χ4n) is 9.03. The molecule has 310 valence electrons. The van der Waals surface area contributed by atoms with Gasteiger partial charge in [-0.2, -0.15) is 0 Å². The van der Waals surface area contributed by atoms with E-state index in [1.165, 1.54) is 16.3 Å². The van der Waals surface area contributed by atoms with E-state index in [9.17, 15) is 0 Å². The Hall–Kier alpha value is -8.31. The van der Waals surface area contributed by atoms with Gasteiger partial charge >= 0.3 is 0 Å². The first-order valence-corrected chi connectivity index (χ1v) is 22.2. The third-order valence-corrected chi connectivity index (χ3v) is 12.2. The summed E-state index contributed by atoms with van der Waals surface area (Å²) in [6, 6.07) is 92.0. The Morgan fingerprint density at radius 1 is 0.262 bits per heavy atom. The van der Waals surface area contributed by atoms with E-state index in [1.54, 1.807) is 0 Å². The van der Waals surface area contributed by atoms with Gasteiger partial charge in [0, 0.05) is 72.7 Å². The number of para-hydroxylation sites is 6. The van der Waals surface area contributed by atoms with E-state index in [-0.39, 0.29) is 0 Å². The smallest absolute Gasteiger partial charge is 0.0542 e. The molecule has 1 heterocycles. The van der Waals surface area contributed by atoms with Crippen LogP contribution >= 0.6 is 11.6 Å². The normalized spacial score (nSPS) is 11.2. The summed E-state index contributed by atoms with van der Waals surface area (Å²) in [6.45, 7) is 0. The van der Waals surface area contributed by atoms with Crippen molar-refractivity contribution < 1.29 is 0 Å². The molecule has 0 saturated carbocycles. The summed E-state index contributed by atoms with van der Waals surface area (Å²) in [6.07, 6.45) is 0. The van der Waals surface area contributed by atoms with E-state index in [2.05, 4.69) is 280 Å². The number of hydrogen-bond donors (Lipinski definition) is 0. The summed E-state index contributed by atoms with van der Waals surface area (Å²) in [5, 5.41) is 3.05. The molecule has 0 aliphatic heterocycles. The zero-order chi connectivity index (χ0) is 43.5. The minimum Gasteiger partial charge on any atom is -0.311 e. The maximum Gasteiger partial charge on any atom is 0.0542 e. The molecule has 0 spiro atoms. The predicted molar refractivity (Wildman–Crippen MR) is 275 cm³/mol. The molecule has 0 amide bonds. The van der Waals surface area contributed by atoms with Gasteiger partial charge < -0.3 is 19.3 Å². The Morgan fingerprint density at radius 2 is 0.646 bits per heavy atom. The molecule has 1 aromatic heterocycles. The molecule has 0 saturated heterocycles. The van der Waals surface area contributed by atoms with E-state index < -0.39 is 0 Å². The van der Waals surface area contributed by atoms with Gasteiger partial charge in [-0.1, -0.05) is 133 Å². The highest BCUT2D eigenvalue weighted by atomic mass is 35.5. The molecular weight excluding hydrogens is 812 g/mol. The van der Waals surface area contributed by atoms with Gasteiger partial charge in [0.25, 0.3) is 0 Å². The van der Waals surface area contributed by atoms with Gasteiger partial charge in [-0.05, 0) is 151 Å². The van der Waals surface area contributed by atoms with Crippen molar-refractivity contribution in [1.29, 1.82) is 0 Å². The molecule has 0 fully saturated rings.